The zero-order valence-electron chi connectivity index (χ0n) is 9.58. The van der Waals surface area contributed by atoms with E-state index in [0.29, 0.717) is 0 Å². The summed E-state index contributed by atoms with van der Waals surface area (Å²) in [6, 6.07) is 2.41. The minimum Gasteiger partial charge on any atom is -0.330 e. The molecule has 2 bridgehead atoms. The van der Waals surface area contributed by atoms with E-state index in [0.717, 1.165) is 30.6 Å². The Labute approximate surface area is 87.8 Å². The van der Waals surface area contributed by atoms with Crippen molar-refractivity contribution in [3.8, 4) is 0 Å². The summed E-state index contributed by atoms with van der Waals surface area (Å²) in [6.45, 7) is 5.58. The zero-order chi connectivity index (χ0) is 10.1. The van der Waals surface area contributed by atoms with Crippen LogP contribution in [0.5, 0.6) is 0 Å². The van der Waals surface area contributed by atoms with E-state index in [1.807, 2.05) is 0 Å². The average Bonchev–Trinajstić information content (AvgIpc) is 2.15. The lowest BCUT2D eigenvalue weighted by atomic mass is 9.77. The highest BCUT2D eigenvalue weighted by Crippen LogP contribution is 2.37. The first-order valence-electron chi connectivity index (χ1n) is 6.20. The summed E-state index contributed by atoms with van der Waals surface area (Å²) in [5.41, 5.74) is 5.81. The first-order chi connectivity index (χ1) is 6.72. The third kappa shape index (κ3) is 1.82. The van der Waals surface area contributed by atoms with Gasteiger partial charge in [0, 0.05) is 18.1 Å². The summed E-state index contributed by atoms with van der Waals surface area (Å²) in [5, 5.41) is 0. The maximum absolute atomic E-state index is 5.81. The van der Waals surface area contributed by atoms with Crippen molar-refractivity contribution in [2.75, 3.05) is 6.54 Å². The van der Waals surface area contributed by atoms with Gasteiger partial charge in [0.15, 0.2) is 0 Å². The summed E-state index contributed by atoms with van der Waals surface area (Å²) >= 11 is 0. The first kappa shape index (κ1) is 10.4. The Morgan fingerprint density at radius 1 is 1.21 bits per heavy atom. The van der Waals surface area contributed by atoms with Gasteiger partial charge in [-0.25, -0.2) is 0 Å². The number of rotatable bonds is 2. The number of hydrogen-bond acceptors (Lipinski definition) is 2. The van der Waals surface area contributed by atoms with Crippen molar-refractivity contribution >= 4 is 0 Å². The number of fused-ring (bicyclic) bond motifs is 2. The number of piperidine rings is 2. The predicted molar refractivity (Wildman–Crippen MR) is 60.2 cm³/mol. The van der Waals surface area contributed by atoms with Crippen molar-refractivity contribution in [2.45, 2.75) is 64.1 Å². The summed E-state index contributed by atoms with van der Waals surface area (Å²) in [7, 11) is 0. The van der Waals surface area contributed by atoms with Gasteiger partial charge in [0.25, 0.3) is 0 Å². The van der Waals surface area contributed by atoms with Crippen LogP contribution in [-0.2, 0) is 0 Å². The van der Waals surface area contributed by atoms with Gasteiger partial charge >= 0.3 is 0 Å². The molecule has 0 aromatic rings. The molecule has 1 unspecified atom stereocenters. The molecule has 0 aliphatic carbocycles. The molecule has 2 fully saturated rings. The van der Waals surface area contributed by atoms with Gasteiger partial charge in [-0.2, -0.15) is 0 Å². The standard InChI is InChI=1S/C12H24N2/c1-9(2)14-11-4-3-5-12(14)7-10(6-11)8-13/h9-12H,3-8,13H2,1-2H3/t10?,11-,12+. The molecule has 0 radical (unpaired) electrons. The van der Waals surface area contributed by atoms with Crippen LogP contribution in [0.3, 0.4) is 0 Å². The van der Waals surface area contributed by atoms with Crippen molar-refractivity contribution in [1.82, 2.24) is 4.90 Å². The fraction of sp³-hybridized carbons (Fsp3) is 1.00. The van der Waals surface area contributed by atoms with E-state index in [2.05, 4.69) is 18.7 Å². The van der Waals surface area contributed by atoms with E-state index in [1.165, 1.54) is 32.1 Å². The van der Waals surface area contributed by atoms with Crippen LogP contribution in [0, 0.1) is 5.92 Å². The highest BCUT2D eigenvalue weighted by Gasteiger charge is 2.38. The maximum Gasteiger partial charge on any atom is 0.0104 e. The van der Waals surface area contributed by atoms with Crippen LogP contribution < -0.4 is 5.73 Å². The zero-order valence-corrected chi connectivity index (χ0v) is 9.58. The molecule has 2 aliphatic heterocycles. The van der Waals surface area contributed by atoms with Gasteiger partial charge in [-0.1, -0.05) is 6.42 Å². The fourth-order valence-corrected chi connectivity index (χ4v) is 3.57. The SMILES string of the molecule is CC(C)N1[C@@H]2CCC[C@H]1CC(CN)C2. The summed E-state index contributed by atoms with van der Waals surface area (Å²) in [5.74, 6) is 0.806. The molecule has 3 atom stereocenters. The van der Waals surface area contributed by atoms with Crippen molar-refractivity contribution in [3.63, 3.8) is 0 Å². The Balaban J connectivity index is 2.07. The molecule has 14 heavy (non-hydrogen) atoms. The number of nitrogens with two attached hydrogens (primary N) is 1. The quantitative estimate of drug-likeness (QED) is 0.732. The Hall–Kier alpha value is -0.0800. The molecule has 2 heterocycles. The van der Waals surface area contributed by atoms with Crippen molar-refractivity contribution in [1.29, 1.82) is 0 Å². The van der Waals surface area contributed by atoms with Crippen LogP contribution in [-0.4, -0.2) is 29.6 Å². The highest BCUT2D eigenvalue weighted by molar-refractivity contribution is 4.93. The van der Waals surface area contributed by atoms with Gasteiger partial charge in [0.2, 0.25) is 0 Å². The van der Waals surface area contributed by atoms with E-state index in [4.69, 9.17) is 5.73 Å². The Morgan fingerprint density at radius 3 is 2.21 bits per heavy atom. The van der Waals surface area contributed by atoms with Gasteiger partial charge in [-0.3, -0.25) is 4.90 Å². The smallest absolute Gasteiger partial charge is 0.0104 e. The van der Waals surface area contributed by atoms with Crippen LogP contribution in [0.4, 0.5) is 0 Å². The Kier molecular flexibility index (Phi) is 3.13. The summed E-state index contributed by atoms with van der Waals surface area (Å²) in [4.78, 5) is 2.76. The topological polar surface area (TPSA) is 29.3 Å². The second kappa shape index (κ2) is 4.19. The van der Waals surface area contributed by atoms with Crippen LogP contribution >= 0.6 is 0 Å². The predicted octanol–water partition coefficient (Wildman–Crippen LogP) is 1.99. The van der Waals surface area contributed by atoms with Crippen LogP contribution in [0.2, 0.25) is 0 Å². The molecule has 0 saturated carbocycles. The minimum absolute atomic E-state index is 0.726. The second-order valence-electron chi connectivity index (χ2n) is 5.35. The molecule has 0 aromatic carbocycles. The first-order valence-corrected chi connectivity index (χ1v) is 6.20. The minimum atomic E-state index is 0.726. The molecule has 2 N–H and O–H groups in total. The Bertz CT molecular complexity index is 177. The third-order valence-corrected chi connectivity index (χ3v) is 4.06. The van der Waals surface area contributed by atoms with Crippen molar-refractivity contribution < 1.29 is 0 Å². The third-order valence-electron chi connectivity index (χ3n) is 4.06. The van der Waals surface area contributed by atoms with Crippen LogP contribution in [0.15, 0.2) is 0 Å². The highest BCUT2D eigenvalue weighted by atomic mass is 15.2. The molecule has 0 spiro atoms. The lowest BCUT2D eigenvalue weighted by molar-refractivity contribution is -0.00792. The fourth-order valence-electron chi connectivity index (χ4n) is 3.57. The van der Waals surface area contributed by atoms with Crippen molar-refractivity contribution in [2.24, 2.45) is 11.7 Å². The van der Waals surface area contributed by atoms with E-state index in [9.17, 15) is 0 Å². The van der Waals surface area contributed by atoms with Crippen molar-refractivity contribution in [3.05, 3.63) is 0 Å². The number of hydrogen-bond donors (Lipinski definition) is 1. The van der Waals surface area contributed by atoms with Gasteiger partial charge in [-0.05, 0) is 52.0 Å². The maximum atomic E-state index is 5.81. The monoisotopic (exact) mass is 196 g/mol. The molecule has 0 aromatic heterocycles. The summed E-state index contributed by atoms with van der Waals surface area (Å²) < 4.78 is 0. The largest absolute Gasteiger partial charge is 0.330 e. The number of nitrogens with zero attached hydrogens (tertiary/aromatic N) is 1. The van der Waals surface area contributed by atoms with Crippen LogP contribution in [0.25, 0.3) is 0 Å². The average molecular weight is 196 g/mol. The van der Waals surface area contributed by atoms with Gasteiger partial charge < -0.3 is 5.73 Å². The molecule has 2 aliphatic rings. The van der Waals surface area contributed by atoms with Gasteiger partial charge in [0.05, 0.1) is 0 Å². The molecule has 2 heteroatoms. The molecule has 2 nitrogen and oxygen atoms in total. The normalized spacial score (nSPS) is 39.0. The van der Waals surface area contributed by atoms with E-state index in [1.54, 1.807) is 0 Å². The molecular weight excluding hydrogens is 172 g/mol. The van der Waals surface area contributed by atoms with E-state index in [-0.39, 0.29) is 0 Å². The lowest BCUT2D eigenvalue weighted by Crippen LogP contribution is -2.55. The van der Waals surface area contributed by atoms with Crippen LogP contribution in [0.1, 0.15) is 46.0 Å². The van der Waals surface area contributed by atoms with Gasteiger partial charge in [-0.15, -0.1) is 0 Å². The molecule has 82 valence electrons. The Morgan fingerprint density at radius 2 is 1.79 bits per heavy atom. The molecular formula is C12H24N2. The van der Waals surface area contributed by atoms with E-state index >= 15 is 0 Å². The second-order valence-corrected chi connectivity index (χ2v) is 5.35. The molecule has 0 amide bonds. The van der Waals surface area contributed by atoms with Gasteiger partial charge in [0.1, 0.15) is 0 Å². The lowest BCUT2D eigenvalue weighted by Gasteiger charge is -2.51. The summed E-state index contributed by atoms with van der Waals surface area (Å²) in [6.07, 6.45) is 6.96. The van der Waals surface area contributed by atoms with E-state index < -0.39 is 0 Å². The molecule has 2 rings (SSSR count). The molecule has 2 saturated heterocycles.